The highest BCUT2D eigenvalue weighted by Crippen LogP contribution is 2.32. The maximum Gasteiger partial charge on any atom is 0.416 e. The average Bonchev–Trinajstić information content (AvgIpc) is 2.37. The second-order valence-electron chi connectivity index (χ2n) is 3.94. The molecule has 0 unspecified atom stereocenters. The molecule has 7 heteroatoms. The second-order valence-corrected chi connectivity index (χ2v) is 3.94. The molecule has 1 aromatic rings. The van der Waals surface area contributed by atoms with Crippen molar-refractivity contribution in [3.63, 3.8) is 0 Å². The minimum atomic E-state index is -4.63. The van der Waals surface area contributed by atoms with Crippen LogP contribution in [0.4, 0.5) is 18.9 Å². The van der Waals surface area contributed by atoms with Gasteiger partial charge >= 0.3 is 12.1 Å². The zero-order valence-corrected chi connectivity index (χ0v) is 10.9. The number of carboxylic acid groups (broad SMARTS) is 1. The average molecular weight is 299 g/mol. The number of hydrogen-bond acceptors (Lipinski definition) is 2. The molecule has 0 aliphatic heterocycles. The van der Waals surface area contributed by atoms with Crippen LogP contribution in [0.1, 0.15) is 22.8 Å². The maximum absolute atomic E-state index is 12.6. The largest absolute Gasteiger partial charge is 0.478 e. The summed E-state index contributed by atoms with van der Waals surface area (Å²) in [5.74, 6) is -2.16. The van der Waals surface area contributed by atoms with E-state index in [2.05, 4.69) is 5.32 Å². The molecule has 2 N–H and O–H groups in total. The number of amides is 1. The van der Waals surface area contributed by atoms with Crippen molar-refractivity contribution in [2.45, 2.75) is 13.1 Å². The predicted octanol–water partition coefficient (Wildman–Crippen LogP) is 3.47. The van der Waals surface area contributed by atoms with E-state index in [9.17, 15) is 22.8 Å². The summed E-state index contributed by atoms with van der Waals surface area (Å²) >= 11 is 0. The number of halogens is 3. The van der Waals surface area contributed by atoms with Gasteiger partial charge < -0.3 is 10.4 Å². The lowest BCUT2D eigenvalue weighted by Crippen LogP contribution is -2.14. The Kier molecular flexibility index (Phi) is 5.29. The molecule has 1 aromatic carbocycles. The first kappa shape index (κ1) is 16.5. The molecule has 0 saturated carbocycles. The number of carbonyl (C=O) groups excluding carboxylic acids is 1. The van der Waals surface area contributed by atoms with Crippen LogP contribution in [0.2, 0.25) is 0 Å². The van der Waals surface area contributed by atoms with Gasteiger partial charge in [0.05, 0.1) is 16.8 Å². The van der Waals surface area contributed by atoms with Crippen LogP contribution < -0.4 is 5.32 Å². The topological polar surface area (TPSA) is 66.4 Å². The number of anilines is 1. The molecule has 0 radical (unpaired) electrons. The molecule has 1 amide bonds. The van der Waals surface area contributed by atoms with Gasteiger partial charge in [-0.3, -0.25) is 4.79 Å². The molecule has 112 valence electrons. The van der Waals surface area contributed by atoms with E-state index in [0.29, 0.717) is 12.1 Å². The third kappa shape index (κ3) is 4.79. The van der Waals surface area contributed by atoms with E-state index >= 15 is 0 Å². The predicted molar refractivity (Wildman–Crippen MR) is 71.0 cm³/mol. The molecular formula is C14H12F3NO3. The molecule has 0 atom stereocenters. The van der Waals surface area contributed by atoms with E-state index in [1.54, 1.807) is 19.1 Å². The van der Waals surface area contributed by atoms with Crippen LogP contribution in [0.25, 0.3) is 0 Å². The zero-order chi connectivity index (χ0) is 16.0. The minimum Gasteiger partial charge on any atom is -0.478 e. The number of hydrogen-bond donors (Lipinski definition) is 2. The highest BCUT2D eigenvalue weighted by Gasteiger charge is 2.31. The van der Waals surface area contributed by atoms with E-state index in [1.165, 1.54) is 6.08 Å². The first-order valence-corrected chi connectivity index (χ1v) is 5.80. The molecule has 0 aliphatic carbocycles. The molecule has 0 spiro atoms. The van der Waals surface area contributed by atoms with Crippen LogP contribution in [-0.2, 0) is 11.0 Å². The number of aromatic carboxylic acids is 1. The van der Waals surface area contributed by atoms with Crippen LogP contribution in [0.15, 0.2) is 42.5 Å². The number of nitrogens with one attached hydrogen (secondary N) is 1. The molecule has 0 saturated heterocycles. The summed E-state index contributed by atoms with van der Waals surface area (Å²) in [6.07, 6.45) is 1.02. The smallest absolute Gasteiger partial charge is 0.416 e. The van der Waals surface area contributed by atoms with Crippen LogP contribution in [0.5, 0.6) is 0 Å². The summed E-state index contributed by atoms with van der Waals surface area (Å²) in [6.45, 7) is 1.72. The molecular weight excluding hydrogens is 287 g/mol. The summed E-state index contributed by atoms with van der Waals surface area (Å²) in [5, 5.41) is 11.0. The standard InChI is InChI=1S/C14H12F3NO3/c1-2-3-4-5-12(19)18-11-8-9(14(15,16)17)6-7-10(11)13(20)21/h2-8H,1H3,(H,18,19)(H,20,21). The van der Waals surface area contributed by atoms with E-state index in [-0.39, 0.29) is 0 Å². The molecule has 4 nitrogen and oxygen atoms in total. The fourth-order valence-corrected chi connectivity index (χ4v) is 1.44. The zero-order valence-electron chi connectivity index (χ0n) is 10.9. The Labute approximate surface area is 118 Å². The van der Waals surface area contributed by atoms with E-state index in [4.69, 9.17) is 5.11 Å². The fourth-order valence-electron chi connectivity index (χ4n) is 1.44. The van der Waals surface area contributed by atoms with Crippen LogP contribution in [0, 0.1) is 0 Å². The Morgan fingerprint density at radius 1 is 1.24 bits per heavy atom. The molecule has 0 aromatic heterocycles. The van der Waals surface area contributed by atoms with E-state index < -0.39 is 34.9 Å². The third-order valence-corrected chi connectivity index (χ3v) is 2.39. The van der Waals surface area contributed by atoms with Crippen molar-refractivity contribution < 1.29 is 27.9 Å². The lowest BCUT2D eigenvalue weighted by atomic mass is 10.1. The number of carboxylic acids is 1. The van der Waals surface area contributed by atoms with Gasteiger partial charge in [0, 0.05) is 6.08 Å². The Morgan fingerprint density at radius 2 is 1.90 bits per heavy atom. The monoisotopic (exact) mass is 299 g/mol. The highest BCUT2D eigenvalue weighted by molar-refractivity contribution is 6.04. The van der Waals surface area contributed by atoms with Gasteiger partial charge in [-0.25, -0.2) is 4.79 Å². The second kappa shape index (κ2) is 6.74. The number of benzene rings is 1. The maximum atomic E-state index is 12.6. The van der Waals surface area contributed by atoms with E-state index in [1.807, 2.05) is 0 Å². The molecule has 0 fully saturated rings. The summed E-state index contributed by atoms with van der Waals surface area (Å²) in [4.78, 5) is 22.5. The van der Waals surface area contributed by atoms with Crippen molar-refractivity contribution in [1.82, 2.24) is 0 Å². The van der Waals surface area contributed by atoms with Gasteiger partial charge in [0.15, 0.2) is 0 Å². The lowest BCUT2D eigenvalue weighted by Gasteiger charge is -2.11. The highest BCUT2D eigenvalue weighted by atomic mass is 19.4. The van der Waals surface area contributed by atoms with Crippen molar-refractivity contribution in [1.29, 1.82) is 0 Å². The Balaban J connectivity index is 3.13. The molecule has 0 aliphatic rings. The number of carbonyl (C=O) groups is 2. The number of alkyl halides is 3. The van der Waals surface area contributed by atoms with Crippen LogP contribution in [0.3, 0.4) is 0 Å². The van der Waals surface area contributed by atoms with Gasteiger partial charge in [0.2, 0.25) is 5.91 Å². The van der Waals surface area contributed by atoms with Gasteiger partial charge in [-0.15, -0.1) is 0 Å². The van der Waals surface area contributed by atoms with Gasteiger partial charge in [-0.1, -0.05) is 18.2 Å². The third-order valence-electron chi connectivity index (χ3n) is 2.39. The van der Waals surface area contributed by atoms with Crippen LogP contribution >= 0.6 is 0 Å². The van der Waals surface area contributed by atoms with Gasteiger partial charge in [0.25, 0.3) is 0 Å². The summed E-state index contributed by atoms with van der Waals surface area (Å²) in [5.41, 5.74) is -1.87. The minimum absolute atomic E-state index is 0.410. The van der Waals surface area contributed by atoms with Crippen molar-refractivity contribution in [3.05, 3.63) is 53.6 Å². The molecule has 0 heterocycles. The SMILES string of the molecule is CC=CC=CC(=O)Nc1cc(C(F)(F)F)ccc1C(=O)O. The van der Waals surface area contributed by atoms with Crippen molar-refractivity contribution in [3.8, 4) is 0 Å². The normalized spacial score (nSPS) is 12.0. The number of allylic oxidation sites excluding steroid dienone is 3. The quantitative estimate of drug-likeness (QED) is 0.661. The van der Waals surface area contributed by atoms with Crippen molar-refractivity contribution in [2.75, 3.05) is 5.32 Å². The molecule has 21 heavy (non-hydrogen) atoms. The molecule has 1 rings (SSSR count). The van der Waals surface area contributed by atoms with Gasteiger partial charge in [-0.05, 0) is 25.1 Å². The van der Waals surface area contributed by atoms with Gasteiger partial charge in [-0.2, -0.15) is 13.2 Å². The first-order chi connectivity index (χ1) is 9.75. The van der Waals surface area contributed by atoms with Gasteiger partial charge in [0.1, 0.15) is 0 Å². The summed E-state index contributed by atoms with van der Waals surface area (Å²) in [7, 11) is 0. The van der Waals surface area contributed by atoms with E-state index in [0.717, 1.165) is 12.1 Å². The van der Waals surface area contributed by atoms with Crippen molar-refractivity contribution >= 4 is 17.6 Å². The Bertz CT molecular complexity index is 604. The van der Waals surface area contributed by atoms with Crippen LogP contribution in [-0.4, -0.2) is 17.0 Å². The first-order valence-electron chi connectivity index (χ1n) is 5.80. The summed E-state index contributed by atoms with van der Waals surface area (Å²) < 4.78 is 37.8. The Morgan fingerprint density at radius 3 is 2.43 bits per heavy atom. The number of rotatable bonds is 4. The molecule has 0 bridgehead atoms. The fraction of sp³-hybridized carbons (Fsp3) is 0.143. The summed E-state index contributed by atoms with van der Waals surface area (Å²) in [6, 6.07) is 2.04. The lowest BCUT2D eigenvalue weighted by molar-refractivity contribution is -0.137. The van der Waals surface area contributed by atoms with Crippen molar-refractivity contribution in [2.24, 2.45) is 0 Å². The Hall–Kier alpha value is -2.57.